The van der Waals surface area contributed by atoms with Crippen molar-refractivity contribution in [2.24, 2.45) is 0 Å². The van der Waals surface area contributed by atoms with Gasteiger partial charge in [-0.15, -0.1) is 0 Å². The average molecular weight is 307 g/mol. The third-order valence-electron chi connectivity index (χ3n) is 3.70. The maximum Gasteiger partial charge on any atom is 0.240 e. The smallest absolute Gasteiger partial charge is 0.240 e. The molecule has 0 bridgehead atoms. The number of pyridine rings is 1. The molecule has 112 valence electrons. The summed E-state index contributed by atoms with van der Waals surface area (Å²) in [5.74, 6) is -0.0287. The molecule has 0 aromatic carbocycles. The monoisotopic (exact) mass is 307 g/mol. The van der Waals surface area contributed by atoms with E-state index in [1.165, 1.54) is 11.8 Å². The Hall–Kier alpha value is -1.60. The van der Waals surface area contributed by atoms with Crippen molar-refractivity contribution in [2.75, 3.05) is 38.3 Å². The van der Waals surface area contributed by atoms with Gasteiger partial charge in [-0.3, -0.25) is 9.59 Å². The molecule has 6 nitrogen and oxygen atoms in total. The summed E-state index contributed by atoms with van der Waals surface area (Å²) in [5, 5.41) is 0.409. The largest absolute Gasteiger partial charge is 0.378 e. The van der Waals surface area contributed by atoms with Crippen molar-refractivity contribution < 1.29 is 14.3 Å². The highest BCUT2D eigenvalue weighted by Gasteiger charge is 2.34. The maximum atomic E-state index is 12.4. The number of nitrogens with zero attached hydrogens (tertiary/aromatic N) is 3. The van der Waals surface area contributed by atoms with E-state index < -0.39 is 5.25 Å². The fourth-order valence-corrected chi connectivity index (χ4v) is 3.68. The van der Waals surface area contributed by atoms with Crippen LogP contribution >= 0.6 is 11.8 Å². The van der Waals surface area contributed by atoms with E-state index in [9.17, 15) is 9.59 Å². The average Bonchev–Trinajstić information content (AvgIpc) is 2.53. The zero-order chi connectivity index (χ0) is 14.8. The molecule has 1 aromatic rings. The van der Waals surface area contributed by atoms with Crippen molar-refractivity contribution in [2.45, 2.75) is 16.7 Å². The van der Waals surface area contributed by atoms with E-state index >= 15 is 0 Å². The van der Waals surface area contributed by atoms with Gasteiger partial charge in [-0.05, 0) is 12.1 Å². The lowest BCUT2D eigenvalue weighted by Gasteiger charge is -2.32. The summed E-state index contributed by atoms with van der Waals surface area (Å²) >= 11 is 1.38. The van der Waals surface area contributed by atoms with Crippen molar-refractivity contribution in [3.8, 4) is 0 Å². The number of aromatic nitrogens is 1. The quantitative estimate of drug-likeness (QED) is 0.807. The van der Waals surface area contributed by atoms with Crippen molar-refractivity contribution in [1.29, 1.82) is 0 Å². The Morgan fingerprint density at radius 3 is 3.00 bits per heavy atom. The van der Waals surface area contributed by atoms with Crippen LogP contribution < -0.4 is 4.90 Å². The Morgan fingerprint density at radius 2 is 2.24 bits per heavy atom. The molecule has 1 atom stereocenters. The molecule has 0 aliphatic carbocycles. The number of thioether (sulfide) groups is 1. The second kappa shape index (κ2) is 6.03. The molecule has 0 saturated carbocycles. The van der Waals surface area contributed by atoms with Gasteiger partial charge in [0.25, 0.3) is 0 Å². The maximum absolute atomic E-state index is 12.4. The van der Waals surface area contributed by atoms with Gasteiger partial charge in [0.05, 0.1) is 24.2 Å². The lowest BCUT2D eigenvalue weighted by Crippen LogP contribution is -2.45. The van der Waals surface area contributed by atoms with Crippen LogP contribution in [0, 0.1) is 0 Å². The number of fused-ring (bicyclic) bond motifs is 1. The number of anilines is 1. The summed E-state index contributed by atoms with van der Waals surface area (Å²) in [6.45, 7) is 2.35. The Bertz CT molecular complexity index is 560. The van der Waals surface area contributed by atoms with Crippen LogP contribution in [0.2, 0.25) is 0 Å². The number of rotatable bonds is 2. The van der Waals surface area contributed by atoms with E-state index in [2.05, 4.69) is 4.98 Å². The zero-order valence-electron chi connectivity index (χ0n) is 11.8. The number of carbonyl (C=O) groups excluding carboxylic acids is 2. The second-order valence-corrected chi connectivity index (χ2v) is 6.22. The predicted molar refractivity (Wildman–Crippen MR) is 79.3 cm³/mol. The third kappa shape index (κ3) is 2.89. The van der Waals surface area contributed by atoms with E-state index in [-0.39, 0.29) is 18.2 Å². The highest BCUT2D eigenvalue weighted by Crippen LogP contribution is 2.38. The normalized spacial score (nSPS) is 22.1. The van der Waals surface area contributed by atoms with Crippen molar-refractivity contribution in [3.05, 3.63) is 18.3 Å². The number of morpholine rings is 1. The van der Waals surface area contributed by atoms with Gasteiger partial charge in [0.2, 0.25) is 11.8 Å². The predicted octanol–water partition coefficient (Wildman–Crippen LogP) is 0.768. The molecular weight excluding hydrogens is 290 g/mol. The minimum absolute atomic E-state index is 0.0110. The summed E-state index contributed by atoms with van der Waals surface area (Å²) in [6, 6.07) is 3.68. The van der Waals surface area contributed by atoms with Crippen LogP contribution in [0.1, 0.15) is 6.42 Å². The fraction of sp³-hybridized carbons (Fsp3) is 0.500. The number of amides is 2. The van der Waals surface area contributed by atoms with Gasteiger partial charge < -0.3 is 14.5 Å². The summed E-state index contributed by atoms with van der Waals surface area (Å²) in [6.07, 6.45) is 1.92. The minimum Gasteiger partial charge on any atom is -0.378 e. The molecule has 0 N–H and O–H groups in total. The first-order chi connectivity index (χ1) is 10.2. The SMILES string of the molecule is CN1C(=O)C(CC(=O)N2CCOCC2)Sc2ncccc21. The lowest BCUT2D eigenvalue weighted by molar-refractivity contribution is -0.136. The first-order valence-electron chi connectivity index (χ1n) is 6.91. The van der Waals surface area contributed by atoms with Crippen molar-refractivity contribution in [1.82, 2.24) is 9.88 Å². The van der Waals surface area contributed by atoms with E-state index in [0.29, 0.717) is 26.3 Å². The number of carbonyl (C=O) groups is 2. The minimum atomic E-state index is -0.396. The van der Waals surface area contributed by atoms with Crippen LogP contribution in [0.25, 0.3) is 0 Å². The van der Waals surface area contributed by atoms with Gasteiger partial charge in [-0.1, -0.05) is 11.8 Å². The van der Waals surface area contributed by atoms with E-state index in [1.807, 2.05) is 12.1 Å². The Balaban J connectivity index is 1.71. The molecule has 0 spiro atoms. The fourth-order valence-electron chi connectivity index (χ4n) is 2.48. The van der Waals surface area contributed by atoms with Crippen LogP contribution in [0.5, 0.6) is 0 Å². The summed E-state index contributed by atoms with van der Waals surface area (Å²) in [5.41, 5.74) is 0.808. The molecule has 0 radical (unpaired) electrons. The van der Waals surface area contributed by atoms with Gasteiger partial charge in [0.1, 0.15) is 5.03 Å². The highest BCUT2D eigenvalue weighted by molar-refractivity contribution is 8.00. The Labute approximate surface area is 127 Å². The Kier molecular flexibility index (Phi) is 4.12. The Morgan fingerprint density at radius 1 is 1.48 bits per heavy atom. The second-order valence-electron chi connectivity index (χ2n) is 5.03. The molecule has 3 heterocycles. The van der Waals surface area contributed by atoms with Crippen LogP contribution in [-0.2, 0) is 14.3 Å². The number of hydrogen-bond acceptors (Lipinski definition) is 5. The molecule has 1 unspecified atom stereocenters. The van der Waals surface area contributed by atoms with E-state index in [4.69, 9.17) is 4.74 Å². The van der Waals surface area contributed by atoms with Crippen molar-refractivity contribution >= 4 is 29.3 Å². The molecule has 1 saturated heterocycles. The molecule has 1 fully saturated rings. The van der Waals surface area contributed by atoms with Gasteiger partial charge in [0.15, 0.2) is 0 Å². The molecule has 2 amide bonds. The number of hydrogen-bond donors (Lipinski definition) is 0. The summed E-state index contributed by atoms with van der Waals surface area (Å²) in [4.78, 5) is 32.3. The molecule has 2 aliphatic heterocycles. The van der Waals surface area contributed by atoms with Gasteiger partial charge in [-0.25, -0.2) is 4.98 Å². The number of ether oxygens (including phenoxy) is 1. The van der Waals surface area contributed by atoms with Gasteiger partial charge in [0, 0.05) is 32.8 Å². The van der Waals surface area contributed by atoms with E-state index in [0.717, 1.165) is 10.7 Å². The first-order valence-corrected chi connectivity index (χ1v) is 7.79. The third-order valence-corrected chi connectivity index (χ3v) is 4.89. The van der Waals surface area contributed by atoms with Gasteiger partial charge in [-0.2, -0.15) is 0 Å². The van der Waals surface area contributed by atoms with Gasteiger partial charge >= 0.3 is 0 Å². The topological polar surface area (TPSA) is 62.7 Å². The summed E-state index contributed by atoms with van der Waals surface area (Å²) < 4.78 is 5.24. The van der Waals surface area contributed by atoms with Crippen LogP contribution in [0.4, 0.5) is 5.69 Å². The molecule has 21 heavy (non-hydrogen) atoms. The standard InChI is InChI=1S/C14H17N3O3S/c1-16-10-3-2-4-15-13(10)21-11(14(16)19)9-12(18)17-5-7-20-8-6-17/h2-4,11H,5-9H2,1H3. The highest BCUT2D eigenvalue weighted by atomic mass is 32.2. The van der Waals surface area contributed by atoms with E-state index in [1.54, 1.807) is 23.0 Å². The first kappa shape index (κ1) is 14.3. The molecule has 3 rings (SSSR count). The lowest BCUT2D eigenvalue weighted by atomic mass is 10.2. The molecule has 2 aliphatic rings. The summed E-state index contributed by atoms with van der Waals surface area (Å²) in [7, 11) is 1.73. The van der Waals surface area contributed by atoms with Crippen LogP contribution in [-0.4, -0.2) is 60.3 Å². The van der Waals surface area contributed by atoms with Crippen LogP contribution in [0.3, 0.4) is 0 Å². The van der Waals surface area contributed by atoms with Crippen molar-refractivity contribution in [3.63, 3.8) is 0 Å². The molecule has 1 aromatic heterocycles. The van der Waals surface area contributed by atoms with Crippen LogP contribution in [0.15, 0.2) is 23.4 Å². The zero-order valence-corrected chi connectivity index (χ0v) is 12.6. The molecule has 7 heteroatoms. The molecular formula is C14H17N3O3S.